The van der Waals surface area contributed by atoms with Crippen LogP contribution in [0.4, 0.5) is 0 Å². The van der Waals surface area contributed by atoms with E-state index in [1.165, 1.54) is 0 Å². The predicted octanol–water partition coefficient (Wildman–Crippen LogP) is 3.96. The van der Waals surface area contributed by atoms with Crippen molar-refractivity contribution in [3.63, 3.8) is 0 Å². The molecular formula is C12H12Cl2O2. The van der Waals surface area contributed by atoms with E-state index in [9.17, 15) is 4.79 Å². The van der Waals surface area contributed by atoms with Gasteiger partial charge in [0.15, 0.2) is 0 Å². The summed E-state index contributed by atoms with van der Waals surface area (Å²) in [5, 5.41) is 0.974. The van der Waals surface area contributed by atoms with Crippen LogP contribution in [-0.4, -0.2) is 12.6 Å². The molecule has 1 aromatic carbocycles. The molecule has 2 nitrogen and oxygen atoms in total. The molecule has 0 fully saturated rings. The second kappa shape index (κ2) is 5.92. The minimum Gasteiger partial charge on any atom is -0.462 e. The molecule has 86 valence electrons. The van der Waals surface area contributed by atoms with Gasteiger partial charge in [0.25, 0.3) is 0 Å². The molecular weight excluding hydrogens is 247 g/mol. The summed E-state index contributed by atoms with van der Waals surface area (Å²) < 4.78 is 4.94. The average Bonchev–Trinajstić information content (AvgIpc) is 2.22. The van der Waals surface area contributed by atoms with Gasteiger partial charge in [-0.2, -0.15) is 0 Å². The highest BCUT2D eigenvalue weighted by Gasteiger charge is 2.15. The Hall–Kier alpha value is -0.990. The monoisotopic (exact) mass is 258 g/mol. The second-order valence-corrected chi connectivity index (χ2v) is 3.89. The molecule has 0 aromatic heterocycles. The molecule has 0 spiro atoms. The molecule has 0 heterocycles. The van der Waals surface area contributed by atoms with Crippen molar-refractivity contribution >= 4 is 34.7 Å². The third-order valence-corrected chi connectivity index (χ3v) is 2.55. The van der Waals surface area contributed by atoms with Gasteiger partial charge in [-0.05, 0) is 26.0 Å². The molecule has 16 heavy (non-hydrogen) atoms. The normalized spacial score (nSPS) is 11.4. The maximum absolute atomic E-state index is 11.6. The van der Waals surface area contributed by atoms with Gasteiger partial charge in [0.2, 0.25) is 0 Å². The maximum atomic E-state index is 11.6. The van der Waals surface area contributed by atoms with Crippen molar-refractivity contribution in [3.05, 3.63) is 39.9 Å². The van der Waals surface area contributed by atoms with Gasteiger partial charge >= 0.3 is 5.97 Å². The summed E-state index contributed by atoms with van der Waals surface area (Å²) in [6.45, 7) is 3.85. The molecule has 0 N–H and O–H groups in total. The maximum Gasteiger partial charge on any atom is 0.338 e. The SMILES string of the molecule is C/C=C(/C(=O)OCC)c1ccc(Cl)cc1Cl. The number of rotatable bonds is 3. The van der Waals surface area contributed by atoms with Crippen molar-refractivity contribution in [2.45, 2.75) is 13.8 Å². The van der Waals surface area contributed by atoms with Crippen LogP contribution < -0.4 is 0 Å². The van der Waals surface area contributed by atoms with Crippen LogP contribution in [0.1, 0.15) is 19.4 Å². The Balaban J connectivity index is 3.10. The fourth-order valence-corrected chi connectivity index (χ4v) is 1.81. The van der Waals surface area contributed by atoms with Gasteiger partial charge in [-0.1, -0.05) is 35.3 Å². The topological polar surface area (TPSA) is 26.3 Å². The Labute approximate surface area is 105 Å². The van der Waals surface area contributed by atoms with Gasteiger partial charge in [0, 0.05) is 10.6 Å². The molecule has 1 rings (SSSR count). The standard InChI is InChI=1S/C12H12Cl2O2/c1-3-9(12(15)16-4-2)10-6-5-8(13)7-11(10)14/h3,5-7H,4H2,1-2H3/b9-3+. The first-order valence-corrected chi connectivity index (χ1v) is 5.64. The Morgan fingerprint density at radius 2 is 2.12 bits per heavy atom. The lowest BCUT2D eigenvalue weighted by Crippen LogP contribution is -2.07. The lowest BCUT2D eigenvalue weighted by Gasteiger charge is -2.08. The third kappa shape index (κ3) is 3.00. The van der Waals surface area contributed by atoms with Crippen LogP contribution >= 0.6 is 23.2 Å². The van der Waals surface area contributed by atoms with Crippen molar-refractivity contribution < 1.29 is 9.53 Å². The van der Waals surface area contributed by atoms with Crippen molar-refractivity contribution in [2.24, 2.45) is 0 Å². The first-order chi connectivity index (χ1) is 7.60. The lowest BCUT2D eigenvalue weighted by molar-refractivity contribution is -0.136. The predicted molar refractivity (Wildman–Crippen MR) is 66.7 cm³/mol. The molecule has 0 bridgehead atoms. The van der Waals surface area contributed by atoms with E-state index in [-0.39, 0.29) is 5.97 Å². The van der Waals surface area contributed by atoms with Crippen LogP contribution in [0.3, 0.4) is 0 Å². The Kier molecular flexibility index (Phi) is 4.84. The number of ether oxygens (including phenoxy) is 1. The number of hydrogen-bond acceptors (Lipinski definition) is 2. The highest BCUT2D eigenvalue weighted by Crippen LogP contribution is 2.27. The molecule has 0 saturated heterocycles. The molecule has 0 aliphatic heterocycles. The molecule has 1 aromatic rings. The van der Waals surface area contributed by atoms with Crippen LogP contribution in [0.5, 0.6) is 0 Å². The zero-order valence-corrected chi connectivity index (χ0v) is 10.6. The molecule has 0 aliphatic rings. The zero-order valence-electron chi connectivity index (χ0n) is 9.09. The molecule has 0 unspecified atom stereocenters. The van der Waals surface area contributed by atoms with Crippen LogP contribution in [0, 0.1) is 0 Å². The molecule has 0 aliphatic carbocycles. The number of hydrogen-bond donors (Lipinski definition) is 0. The number of carbonyl (C=O) groups is 1. The molecule has 4 heteroatoms. The van der Waals surface area contributed by atoms with E-state index in [2.05, 4.69) is 0 Å². The highest BCUT2D eigenvalue weighted by molar-refractivity contribution is 6.37. The van der Waals surface area contributed by atoms with Crippen LogP contribution in [0.15, 0.2) is 24.3 Å². The Bertz CT molecular complexity index is 425. The number of carbonyl (C=O) groups excluding carboxylic acids is 1. The molecule has 0 atom stereocenters. The van der Waals surface area contributed by atoms with Gasteiger partial charge in [-0.25, -0.2) is 4.79 Å². The van der Waals surface area contributed by atoms with E-state index < -0.39 is 0 Å². The van der Waals surface area contributed by atoms with E-state index in [0.29, 0.717) is 27.8 Å². The summed E-state index contributed by atoms with van der Waals surface area (Å²) in [7, 11) is 0. The van der Waals surface area contributed by atoms with Gasteiger partial charge in [0.05, 0.1) is 17.2 Å². The van der Waals surface area contributed by atoms with E-state index in [1.807, 2.05) is 0 Å². The smallest absolute Gasteiger partial charge is 0.338 e. The largest absolute Gasteiger partial charge is 0.462 e. The third-order valence-electron chi connectivity index (χ3n) is 2.01. The number of benzene rings is 1. The van der Waals surface area contributed by atoms with E-state index >= 15 is 0 Å². The summed E-state index contributed by atoms with van der Waals surface area (Å²) in [5.41, 5.74) is 1.08. The lowest BCUT2D eigenvalue weighted by atomic mass is 10.1. The van der Waals surface area contributed by atoms with Crippen LogP contribution in [0.2, 0.25) is 10.0 Å². The van der Waals surface area contributed by atoms with Gasteiger partial charge in [0.1, 0.15) is 0 Å². The summed E-state index contributed by atoms with van der Waals surface area (Å²) in [5.74, 6) is -0.380. The van der Waals surface area contributed by atoms with Crippen molar-refractivity contribution in [3.8, 4) is 0 Å². The zero-order chi connectivity index (χ0) is 12.1. The first kappa shape index (κ1) is 13.1. The summed E-state index contributed by atoms with van der Waals surface area (Å²) in [4.78, 5) is 11.6. The van der Waals surface area contributed by atoms with Crippen molar-refractivity contribution in [2.75, 3.05) is 6.61 Å². The number of allylic oxidation sites excluding steroid dienone is 1. The van der Waals surface area contributed by atoms with Crippen LogP contribution in [0.25, 0.3) is 5.57 Å². The second-order valence-electron chi connectivity index (χ2n) is 3.05. The minimum atomic E-state index is -0.380. The van der Waals surface area contributed by atoms with Crippen molar-refractivity contribution in [1.82, 2.24) is 0 Å². The minimum absolute atomic E-state index is 0.335. The molecule has 0 amide bonds. The van der Waals surface area contributed by atoms with E-state index in [1.54, 1.807) is 38.1 Å². The first-order valence-electron chi connectivity index (χ1n) is 4.89. The summed E-state index contributed by atoms with van der Waals surface area (Å²) in [6.07, 6.45) is 1.67. The highest BCUT2D eigenvalue weighted by atomic mass is 35.5. The van der Waals surface area contributed by atoms with E-state index in [0.717, 1.165) is 0 Å². The number of halogens is 2. The van der Waals surface area contributed by atoms with Gasteiger partial charge in [-0.3, -0.25) is 0 Å². The Morgan fingerprint density at radius 3 is 2.62 bits per heavy atom. The fraction of sp³-hybridized carbons (Fsp3) is 0.250. The molecule has 0 saturated carbocycles. The number of esters is 1. The fourth-order valence-electron chi connectivity index (χ4n) is 1.30. The van der Waals surface area contributed by atoms with Gasteiger partial charge < -0.3 is 4.74 Å². The van der Waals surface area contributed by atoms with Crippen LogP contribution in [-0.2, 0) is 9.53 Å². The molecule has 0 radical (unpaired) electrons. The summed E-state index contributed by atoms with van der Waals surface area (Å²) in [6, 6.07) is 4.99. The Morgan fingerprint density at radius 1 is 1.44 bits per heavy atom. The van der Waals surface area contributed by atoms with E-state index in [4.69, 9.17) is 27.9 Å². The quantitative estimate of drug-likeness (QED) is 0.606. The summed E-state index contributed by atoms with van der Waals surface area (Å²) >= 11 is 11.8. The van der Waals surface area contributed by atoms with Gasteiger partial charge in [-0.15, -0.1) is 0 Å². The van der Waals surface area contributed by atoms with Crippen molar-refractivity contribution in [1.29, 1.82) is 0 Å². The average molecular weight is 259 g/mol.